The highest BCUT2D eigenvalue weighted by Gasteiger charge is 2.37. The Morgan fingerprint density at radius 2 is 1.61 bits per heavy atom. The molecule has 3 aromatic rings. The van der Waals surface area contributed by atoms with Crippen molar-refractivity contribution >= 4 is 62.5 Å². The molecule has 1 heterocycles. The minimum atomic E-state index is -2.35. The zero-order chi connectivity index (χ0) is 27.9. The second-order valence-corrected chi connectivity index (χ2v) is 9.57. The van der Waals surface area contributed by atoms with Crippen LogP contribution in [0.5, 0.6) is 11.5 Å². The molecule has 0 saturated heterocycles. The van der Waals surface area contributed by atoms with Crippen LogP contribution in [0.4, 0.5) is 27.6 Å². The van der Waals surface area contributed by atoms with Crippen molar-refractivity contribution in [2.75, 3.05) is 12.1 Å². The van der Waals surface area contributed by atoms with E-state index in [4.69, 9.17) is 32.7 Å². The quantitative estimate of drug-likeness (QED) is 0.120. The van der Waals surface area contributed by atoms with Gasteiger partial charge in [0.25, 0.3) is 5.91 Å². The van der Waals surface area contributed by atoms with Crippen LogP contribution < -0.4 is 14.5 Å². The number of nitrogens with zero attached hydrogens (tertiary/aromatic N) is 2. The summed E-state index contributed by atoms with van der Waals surface area (Å²) < 4.78 is 81.6. The number of methoxy groups -OCH3 is 1. The van der Waals surface area contributed by atoms with Crippen LogP contribution in [-0.4, -0.2) is 18.7 Å². The van der Waals surface area contributed by atoms with Gasteiger partial charge in [0, 0.05) is 10.0 Å². The zero-order valence-electron chi connectivity index (χ0n) is 19.3. The molecular weight excluding hydrogens is 622 g/mol. The van der Waals surface area contributed by atoms with Gasteiger partial charge >= 0.3 is 0 Å². The van der Waals surface area contributed by atoms with Gasteiger partial charge in [-0.3, -0.25) is 4.79 Å². The molecule has 0 atom stereocenters. The van der Waals surface area contributed by atoms with E-state index in [2.05, 4.69) is 21.0 Å². The van der Waals surface area contributed by atoms with Gasteiger partial charge in [-0.15, -0.1) is 0 Å². The summed E-state index contributed by atoms with van der Waals surface area (Å²) in [5.41, 5.74) is -0.776. The summed E-state index contributed by atoms with van der Waals surface area (Å²) in [6.07, 6.45) is 1.30. The van der Waals surface area contributed by atoms with Gasteiger partial charge in [-0.05, 0) is 42.8 Å². The third-order valence-electron chi connectivity index (χ3n) is 5.40. The van der Waals surface area contributed by atoms with E-state index in [9.17, 15) is 26.7 Å². The summed E-state index contributed by atoms with van der Waals surface area (Å²) in [4.78, 5) is 13.1. The van der Waals surface area contributed by atoms with Crippen LogP contribution in [0.25, 0.3) is 6.08 Å². The molecule has 0 aliphatic carbocycles. The second kappa shape index (κ2) is 10.9. The first-order valence-electron chi connectivity index (χ1n) is 10.5. The number of rotatable bonds is 6. The monoisotopic (exact) mass is 634 g/mol. The molecule has 0 radical (unpaired) electrons. The Morgan fingerprint density at radius 3 is 2.21 bits per heavy atom. The van der Waals surface area contributed by atoms with Gasteiger partial charge < -0.3 is 9.47 Å². The predicted octanol–water partition coefficient (Wildman–Crippen LogP) is 7.85. The number of benzene rings is 3. The second-order valence-electron chi connectivity index (χ2n) is 7.84. The molecule has 3 aromatic carbocycles. The van der Waals surface area contributed by atoms with Gasteiger partial charge in [-0.2, -0.15) is 10.1 Å². The molecule has 1 aliphatic rings. The predicted molar refractivity (Wildman–Crippen MR) is 136 cm³/mol. The summed E-state index contributed by atoms with van der Waals surface area (Å²) in [6, 6.07) is 8.06. The number of carbonyl (C=O) groups excluding carboxylic acids is 1. The largest absolute Gasteiger partial charge is 0.493 e. The number of hydrogen-bond donors (Lipinski definition) is 0. The van der Waals surface area contributed by atoms with Crippen LogP contribution in [0.3, 0.4) is 0 Å². The van der Waals surface area contributed by atoms with Gasteiger partial charge in [-0.1, -0.05) is 45.2 Å². The van der Waals surface area contributed by atoms with E-state index in [0.717, 1.165) is 0 Å². The molecular formula is C25H14BrCl2F5N2O3. The van der Waals surface area contributed by atoms with E-state index in [-0.39, 0.29) is 40.0 Å². The first kappa shape index (κ1) is 27.9. The van der Waals surface area contributed by atoms with Crippen molar-refractivity contribution in [1.82, 2.24) is 0 Å². The summed E-state index contributed by atoms with van der Waals surface area (Å²) in [5.74, 6) is -11.8. The van der Waals surface area contributed by atoms with E-state index in [1.807, 2.05) is 0 Å². The smallest absolute Gasteiger partial charge is 0.280 e. The maximum atomic E-state index is 14.4. The highest BCUT2D eigenvalue weighted by atomic mass is 79.9. The molecule has 0 fully saturated rings. The Bertz CT molecular complexity index is 1520. The van der Waals surface area contributed by atoms with Crippen LogP contribution >= 0.6 is 39.1 Å². The first-order chi connectivity index (χ1) is 17.9. The Kier molecular flexibility index (Phi) is 8.01. The van der Waals surface area contributed by atoms with Gasteiger partial charge in [0.2, 0.25) is 5.82 Å². The number of amides is 1. The molecule has 5 nitrogen and oxygen atoms in total. The Balaban J connectivity index is 1.75. The third kappa shape index (κ3) is 5.10. The number of hydrogen-bond acceptors (Lipinski definition) is 4. The molecule has 1 amide bonds. The van der Waals surface area contributed by atoms with Crippen molar-refractivity contribution in [3.05, 3.63) is 90.6 Å². The number of anilines is 1. The van der Waals surface area contributed by atoms with Crippen molar-refractivity contribution in [1.29, 1.82) is 0 Å². The van der Waals surface area contributed by atoms with E-state index >= 15 is 0 Å². The number of halogens is 8. The number of carbonyl (C=O) groups is 1. The lowest BCUT2D eigenvalue weighted by atomic mass is 10.1. The van der Waals surface area contributed by atoms with Gasteiger partial charge in [0.05, 0.1) is 28.4 Å². The topological polar surface area (TPSA) is 51.1 Å². The standard InChI is InChI=1S/C25H14BrCl2F5N2O3/c1-10-14(25(36)35(34-10)23-21(32)19(30)18(29)20(31)22(23)33)7-12-6-13(26)8-17(37-2)24(12)38-9-11-3-4-15(27)16(28)5-11/h3-8H,9H2,1-2H3/b14-7-. The van der Waals surface area contributed by atoms with Crippen LogP contribution in [0, 0.1) is 29.1 Å². The fraction of sp³-hybridized carbons (Fsp3) is 0.120. The lowest BCUT2D eigenvalue weighted by molar-refractivity contribution is -0.114. The van der Waals surface area contributed by atoms with E-state index < -0.39 is 40.7 Å². The molecule has 0 aromatic heterocycles. The maximum absolute atomic E-state index is 14.4. The van der Waals surface area contributed by atoms with Crippen molar-refractivity contribution in [3.8, 4) is 11.5 Å². The van der Waals surface area contributed by atoms with E-state index in [1.54, 1.807) is 30.3 Å². The summed E-state index contributed by atoms with van der Waals surface area (Å²) in [7, 11) is 1.39. The summed E-state index contributed by atoms with van der Waals surface area (Å²) in [5, 5.41) is 4.54. The number of ether oxygens (including phenoxy) is 2. The van der Waals surface area contributed by atoms with Crippen LogP contribution in [0.2, 0.25) is 10.0 Å². The van der Waals surface area contributed by atoms with Crippen molar-refractivity contribution < 1.29 is 36.2 Å². The molecule has 0 bridgehead atoms. The molecule has 0 N–H and O–H groups in total. The first-order valence-corrected chi connectivity index (χ1v) is 12.1. The van der Waals surface area contributed by atoms with Gasteiger partial charge in [0.15, 0.2) is 34.8 Å². The minimum Gasteiger partial charge on any atom is -0.493 e. The molecule has 198 valence electrons. The SMILES string of the molecule is COc1cc(Br)cc(/C=C2\C(=O)N(c3c(F)c(F)c(F)c(F)c3F)N=C2C)c1OCc1ccc(Cl)c(Cl)c1. The van der Waals surface area contributed by atoms with Crippen LogP contribution in [0.15, 0.2) is 45.5 Å². The molecule has 1 aliphatic heterocycles. The highest BCUT2D eigenvalue weighted by Crippen LogP contribution is 2.39. The van der Waals surface area contributed by atoms with Crippen LogP contribution in [-0.2, 0) is 11.4 Å². The fourth-order valence-corrected chi connectivity index (χ4v) is 4.33. The van der Waals surface area contributed by atoms with Gasteiger partial charge in [0.1, 0.15) is 12.3 Å². The lowest BCUT2D eigenvalue weighted by Crippen LogP contribution is -2.25. The normalized spacial score (nSPS) is 14.4. The van der Waals surface area contributed by atoms with Crippen molar-refractivity contribution in [2.24, 2.45) is 5.10 Å². The molecule has 0 unspecified atom stereocenters. The average Bonchev–Trinajstić information content (AvgIpc) is 3.15. The highest BCUT2D eigenvalue weighted by molar-refractivity contribution is 9.10. The molecule has 13 heteroatoms. The Labute approximate surface area is 231 Å². The average molecular weight is 636 g/mol. The Hall–Kier alpha value is -3.15. The number of hydrazone groups is 1. The summed E-state index contributed by atoms with van der Waals surface area (Å²) in [6.45, 7) is 1.35. The van der Waals surface area contributed by atoms with Crippen molar-refractivity contribution in [3.63, 3.8) is 0 Å². The zero-order valence-corrected chi connectivity index (χ0v) is 22.4. The van der Waals surface area contributed by atoms with E-state index in [0.29, 0.717) is 20.1 Å². The fourth-order valence-electron chi connectivity index (χ4n) is 3.56. The Morgan fingerprint density at radius 1 is 0.974 bits per heavy atom. The third-order valence-corrected chi connectivity index (χ3v) is 6.59. The molecule has 0 spiro atoms. The molecule has 0 saturated carbocycles. The van der Waals surface area contributed by atoms with Crippen molar-refractivity contribution in [2.45, 2.75) is 13.5 Å². The van der Waals surface area contributed by atoms with Gasteiger partial charge in [-0.25, -0.2) is 22.0 Å². The minimum absolute atomic E-state index is 0.0166. The molecule has 38 heavy (non-hydrogen) atoms. The summed E-state index contributed by atoms with van der Waals surface area (Å²) >= 11 is 15.3. The molecule has 4 rings (SSSR count). The van der Waals surface area contributed by atoms with E-state index in [1.165, 1.54) is 20.1 Å². The maximum Gasteiger partial charge on any atom is 0.280 e. The lowest BCUT2D eigenvalue weighted by Gasteiger charge is -2.16. The van der Waals surface area contributed by atoms with Crippen LogP contribution in [0.1, 0.15) is 18.1 Å².